The molecule has 0 N–H and O–H groups in total. The number of pyridine rings is 2. The van der Waals surface area contributed by atoms with E-state index in [-0.39, 0.29) is 28.1 Å². The Hall–Kier alpha value is -2.76. The van der Waals surface area contributed by atoms with Gasteiger partial charge in [-0.15, -0.1) is 0 Å². The van der Waals surface area contributed by atoms with Gasteiger partial charge in [-0.3, -0.25) is 0 Å². The van der Waals surface area contributed by atoms with E-state index in [0.717, 1.165) is 12.1 Å². The van der Waals surface area contributed by atoms with Crippen LogP contribution in [0.15, 0.2) is 60.7 Å². The smallest absolute Gasteiger partial charge is 0.871 e. The van der Waals surface area contributed by atoms with E-state index >= 15 is 0 Å². The maximum absolute atomic E-state index is 14.9. The number of halogens is 2. The van der Waals surface area contributed by atoms with Gasteiger partial charge in [-0.05, 0) is 22.9 Å². The third-order valence-electron chi connectivity index (χ3n) is 4.01. The van der Waals surface area contributed by atoms with Gasteiger partial charge in [-0.1, -0.05) is 60.0 Å². The molecule has 4 nitrogen and oxygen atoms in total. The fourth-order valence-electron chi connectivity index (χ4n) is 2.72. The van der Waals surface area contributed by atoms with E-state index in [2.05, 4.69) is 9.97 Å². The molecular formula is C19H10CuF2N2O2. The summed E-state index contributed by atoms with van der Waals surface area (Å²) >= 11 is 0. The molecule has 0 saturated carbocycles. The molecule has 2 aromatic carbocycles. The summed E-state index contributed by atoms with van der Waals surface area (Å²) in [5.74, 6) is -4.39. The number of aromatic nitrogens is 2. The van der Waals surface area contributed by atoms with Gasteiger partial charge in [-0.25, -0.2) is 9.97 Å². The first kappa shape index (κ1) is 18.0. The Morgan fingerprint density at radius 3 is 1.50 bits per heavy atom. The van der Waals surface area contributed by atoms with Gasteiger partial charge in [0.2, 0.25) is 0 Å². The number of alkyl halides is 2. The Morgan fingerprint density at radius 2 is 1.08 bits per heavy atom. The Labute approximate surface area is 157 Å². The zero-order valence-electron chi connectivity index (χ0n) is 13.0. The van der Waals surface area contributed by atoms with Crippen molar-refractivity contribution in [2.45, 2.75) is 5.92 Å². The summed E-state index contributed by atoms with van der Waals surface area (Å²) in [5, 5.41) is 24.7. The van der Waals surface area contributed by atoms with Crippen LogP contribution in [0.5, 0.6) is 11.5 Å². The Kier molecular flexibility index (Phi) is 4.52. The molecule has 0 aliphatic rings. The third-order valence-corrected chi connectivity index (χ3v) is 4.01. The number of benzene rings is 2. The van der Waals surface area contributed by atoms with Gasteiger partial charge in [0.15, 0.2) is 0 Å². The van der Waals surface area contributed by atoms with Crippen LogP contribution in [0.1, 0.15) is 11.4 Å². The van der Waals surface area contributed by atoms with E-state index in [4.69, 9.17) is 0 Å². The van der Waals surface area contributed by atoms with Crippen LogP contribution in [0, 0.1) is 0 Å². The summed E-state index contributed by atoms with van der Waals surface area (Å²) in [4.78, 5) is 7.69. The normalized spacial score (nSPS) is 11.5. The van der Waals surface area contributed by atoms with Crippen LogP contribution in [-0.4, -0.2) is 9.97 Å². The minimum absolute atomic E-state index is 0. The zero-order chi connectivity index (χ0) is 17.6. The minimum Gasteiger partial charge on any atom is -0.871 e. The second kappa shape index (κ2) is 6.52. The molecule has 0 aliphatic heterocycles. The van der Waals surface area contributed by atoms with Crippen molar-refractivity contribution < 1.29 is 36.1 Å². The molecule has 0 amide bonds. The van der Waals surface area contributed by atoms with Crippen molar-refractivity contribution in [1.82, 2.24) is 9.97 Å². The van der Waals surface area contributed by atoms with Crippen molar-refractivity contribution in [2.24, 2.45) is 0 Å². The van der Waals surface area contributed by atoms with Crippen molar-refractivity contribution in [1.29, 1.82) is 0 Å². The first-order valence-electron chi connectivity index (χ1n) is 7.49. The molecule has 0 atom stereocenters. The third kappa shape index (κ3) is 2.85. The molecule has 4 rings (SSSR count). The Morgan fingerprint density at radius 1 is 0.654 bits per heavy atom. The van der Waals surface area contributed by atoms with Gasteiger partial charge < -0.3 is 10.2 Å². The van der Waals surface area contributed by atoms with Crippen LogP contribution < -0.4 is 10.2 Å². The van der Waals surface area contributed by atoms with Gasteiger partial charge in [0.25, 0.3) is 0 Å². The van der Waals surface area contributed by atoms with Crippen molar-refractivity contribution in [3.8, 4) is 11.5 Å². The molecule has 133 valence electrons. The van der Waals surface area contributed by atoms with Crippen LogP contribution in [0.3, 0.4) is 0 Å². The summed E-state index contributed by atoms with van der Waals surface area (Å²) in [6.07, 6.45) is 0. The summed E-state index contributed by atoms with van der Waals surface area (Å²) in [6.45, 7) is 0. The van der Waals surface area contributed by atoms with Crippen molar-refractivity contribution >= 4 is 21.8 Å². The van der Waals surface area contributed by atoms with Gasteiger partial charge in [-0.2, -0.15) is 8.78 Å². The van der Waals surface area contributed by atoms with Crippen LogP contribution in [0.2, 0.25) is 0 Å². The predicted molar refractivity (Wildman–Crippen MR) is 85.4 cm³/mol. The molecule has 4 aromatic rings. The standard InChI is InChI=1S/C19H12F2N2O2.Cu/c20-19(21,15-9-7-11-3-1-5-13(24)17(11)22-15)16-10-8-12-4-2-6-14(25)18(12)23-16;/h1-10,24-25H;/q;+2/p-2. The molecular weight excluding hydrogens is 390 g/mol. The van der Waals surface area contributed by atoms with Gasteiger partial charge in [0, 0.05) is 0 Å². The summed E-state index contributed by atoms with van der Waals surface area (Å²) in [7, 11) is 0. The van der Waals surface area contributed by atoms with E-state index in [1.165, 1.54) is 24.3 Å². The monoisotopic (exact) mass is 399 g/mol. The second-order valence-corrected chi connectivity index (χ2v) is 5.62. The van der Waals surface area contributed by atoms with E-state index in [0.29, 0.717) is 10.8 Å². The van der Waals surface area contributed by atoms with Crippen molar-refractivity contribution in [3.05, 3.63) is 72.1 Å². The summed E-state index contributed by atoms with van der Waals surface area (Å²) in [6, 6.07) is 14.1. The fraction of sp³-hybridized carbons (Fsp3) is 0.0526. The van der Waals surface area contributed by atoms with Crippen LogP contribution in [0.4, 0.5) is 8.78 Å². The zero-order valence-corrected chi connectivity index (χ0v) is 14.0. The summed E-state index contributed by atoms with van der Waals surface area (Å²) in [5.41, 5.74) is -1.22. The number of para-hydroxylation sites is 2. The van der Waals surface area contributed by atoms with Crippen molar-refractivity contribution in [2.75, 3.05) is 0 Å². The van der Waals surface area contributed by atoms with E-state index in [1.54, 1.807) is 24.3 Å². The number of rotatable bonds is 2. The maximum Gasteiger partial charge on any atom is 2.00 e. The summed E-state index contributed by atoms with van der Waals surface area (Å²) < 4.78 is 29.8. The first-order chi connectivity index (χ1) is 12.0. The average molecular weight is 400 g/mol. The molecule has 0 bridgehead atoms. The Balaban J connectivity index is 0.00000196. The molecule has 0 spiro atoms. The number of fused-ring (bicyclic) bond motifs is 2. The molecule has 1 radical (unpaired) electrons. The topological polar surface area (TPSA) is 71.9 Å². The van der Waals surface area contributed by atoms with Crippen molar-refractivity contribution in [3.63, 3.8) is 0 Å². The number of nitrogens with zero attached hydrogens (tertiary/aromatic N) is 2. The molecule has 0 aliphatic carbocycles. The number of hydrogen-bond donors (Lipinski definition) is 0. The molecule has 2 aromatic heterocycles. The molecule has 26 heavy (non-hydrogen) atoms. The molecule has 0 saturated heterocycles. The molecule has 0 fully saturated rings. The molecule has 2 heterocycles. The molecule has 0 unspecified atom stereocenters. The van der Waals surface area contributed by atoms with E-state index in [1.807, 2.05) is 0 Å². The average Bonchev–Trinajstić information content (AvgIpc) is 2.62. The van der Waals surface area contributed by atoms with E-state index < -0.39 is 28.8 Å². The van der Waals surface area contributed by atoms with Gasteiger partial charge in [0.05, 0.1) is 11.0 Å². The first-order valence-corrected chi connectivity index (χ1v) is 7.49. The molecule has 7 heteroatoms. The van der Waals surface area contributed by atoms with Gasteiger partial charge in [0.1, 0.15) is 11.4 Å². The second-order valence-electron chi connectivity index (χ2n) is 5.62. The van der Waals surface area contributed by atoms with Gasteiger partial charge >= 0.3 is 23.0 Å². The SMILES string of the molecule is [Cu+2].[O-]c1cccc2ccc(C(F)(F)c3ccc4cccc([O-])c4n3)nc12. The van der Waals surface area contributed by atoms with Crippen LogP contribution in [-0.2, 0) is 23.0 Å². The quantitative estimate of drug-likeness (QED) is 0.486. The largest absolute Gasteiger partial charge is 2.00 e. The van der Waals surface area contributed by atoms with Crippen LogP contribution >= 0.6 is 0 Å². The predicted octanol–water partition coefficient (Wildman–Crippen LogP) is 3.07. The van der Waals surface area contributed by atoms with Crippen LogP contribution in [0.25, 0.3) is 21.8 Å². The van der Waals surface area contributed by atoms with E-state index in [9.17, 15) is 19.0 Å². The number of hydrogen-bond acceptors (Lipinski definition) is 4. The minimum atomic E-state index is -3.53. The maximum atomic E-state index is 14.9. The fourth-order valence-corrected chi connectivity index (χ4v) is 2.72. The Bertz CT molecular complexity index is 1030.